The molecular formula is C12H20N2O2. The SMILES string of the molecule is CC(=O)/C=C(/C)NCCN/C(C)=C\C(C)=O. The summed E-state index contributed by atoms with van der Waals surface area (Å²) < 4.78 is 0. The van der Waals surface area contributed by atoms with E-state index in [9.17, 15) is 9.59 Å². The molecule has 90 valence electrons. The van der Waals surface area contributed by atoms with Crippen LogP contribution in [0.15, 0.2) is 23.5 Å². The van der Waals surface area contributed by atoms with E-state index in [0.29, 0.717) is 13.1 Å². The quantitative estimate of drug-likeness (QED) is 0.503. The fraction of sp³-hybridized carbons (Fsp3) is 0.500. The van der Waals surface area contributed by atoms with Crippen molar-refractivity contribution in [1.29, 1.82) is 0 Å². The molecule has 0 heterocycles. The summed E-state index contributed by atoms with van der Waals surface area (Å²) in [6.45, 7) is 8.14. The van der Waals surface area contributed by atoms with Gasteiger partial charge in [0.1, 0.15) is 0 Å². The van der Waals surface area contributed by atoms with Crippen LogP contribution < -0.4 is 10.6 Å². The van der Waals surface area contributed by atoms with Gasteiger partial charge in [0.05, 0.1) is 0 Å². The number of rotatable bonds is 7. The van der Waals surface area contributed by atoms with Crippen LogP contribution in [0.25, 0.3) is 0 Å². The minimum absolute atomic E-state index is 0.0330. The highest BCUT2D eigenvalue weighted by Gasteiger charge is 1.93. The Morgan fingerprint density at radius 2 is 1.12 bits per heavy atom. The molecule has 0 aliphatic rings. The molecule has 16 heavy (non-hydrogen) atoms. The van der Waals surface area contributed by atoms with E-state index in [4.69, 9.17) is 0 Å². The summed E-state index contributed by atoms with van der Waals surface area (Å²) in [6.07, 6.45) is 3.11. The van der Waals surface area contributed by atoms with Gasteiger partial charge < -0.3 is 10.6 Å². The molecule has 0 radical (unpaired) electrons. The first-order chi connectivity index (χ1) is 7.41. The third-order valence-corrected chi connectivity index (χ3v) is 1.77. The molecule has 0 fully saturated rings. The molecule has 0 saturated carbocycles. The van der Waals surface area contributed by atoms with Crippen molar-refractivity contribution in [1.82, 2.24) is 10.6 Å². The van der Waals surface area contributed by atoms with Gasteiger partial charge in [-0.1, -0.05) is 0 Å². The summed E-state index contributed by atoms with van der Waals surface area (Å²) in [6, 6.07) is 0. The van der Waals surface area contributed by atoms with Crippen LogP contribution in [0.3, 0.4) is 0 Å². The molecule has 4 heteroatoms. The lowest BCUT2D eigenvalue weighted by molar-refractivity contribution is -0.113. The predicted molar refractivity (Wildman–Crippen MR) is 64.9 cm³/mol. The zero-order valence-corrected chi connectivity index (χ0v) is 10.4. The van der Waals surface area contributed by atoms with Gasteiger partial charge in [0, 0.05) is 24.5 Å². The molecule has 0 unspecified atom stereocenters. The van der Waals surface area contributed by atoms with Crippen molar-refractivity contribution >= 4 is 11.6 Å². The molecule has 0 aliphatic carbocycles. The molecule has 0 rings (SSSR count). The summed E-state index contributed by atoms with van der Waals surface area (Å²) in [5.41, 5.74) is 1.70. The third-order valence-electron chi connectivity index (χ3n) is 1.77. The van der Waals surface area contributed by atoms with E-state index in [2.05, 4.69) is 10.6 Å². The minimum Gasteiger partial charge on any atom is -0.387 e. The highest BCUT2D eigenvalue weighted by Crippen LogP contribution is 1.88. The largest absolute Gasteiger partial charge is 0.387 e. The molecule has 4 nitrogen and oxygen atoms in total. The van der Waals surface area contributed by atoms with E-state index >= 15 is 0 Å². The molecule has 0 spiro atoms. The number of nitrogens with one attached hydrogen (secondary N) is 2. The summed E-state index contributed by atoms with van der Waals surface area (Å²) in [5.74, 6) is 0.0660. The Morgan fingerprint density at radius 1 is 0.812 bits per heavy atom. The Hall–Kier alpha value is -1.58. The highest BCUT2D eigenvalue weighted by atomic mass is 16.1. The number of ketones is 2. The molecule has 0 atom stereocenters. The number of carbonyl (C=O) groups excluding carboxylic acids is 2. The van der Waals surface area contributed by atoms with E-state index in [1.54, 1.807) is 12.2 Å². The van der Waals surface area contributed by atoms with Gasteiger partial charge >= 0.3 is 0 Å². The summed E-state index contributed by atoms with van der Waals surface area (Å²) in [5, 5.41) is 6.18. The monoisotopic (exact) mass is 224 g/mol. The summed E-state index contributed by atoms with van der Waals surface area (Å²) in [7, 11) is 0. The molecule has 2 N–H and O–H groups in total. The topological polar surface area (TPSA) is 58.2 Å². The van der Waals surface area contributed by atoms with Gasteiger partial charge in [-0.25, -0.2) is 0 Å². The highest BCUT2D eigenvalue weighted by molar-refractivity contribution is 5.88. The van der Waals surface area contributed by atoms with Crippen molar-refractivity contribution in [2.45, 2.75) is 27.7 Å². The first-order valence-corrected chi connectivity index (χ1v) is 5.27. The predicted octanol–water partition coefficient (Wildman–Crippen LogP) is 1.15. The second-order valence-electron chi connectivity index (χ2n) is 3.73. The lowest BCUT2D eigenvalue weighted by atomic mass is 10.3. The number of hydrogen-bond acceptors (Lipinski definition) is 4. The maximum absolute atomic E-state index is 10.7. The van der Waals surface area contributed by atoms with Crippen LogP contribution in [0.2, 0.25) is 0 Å². The number of hydrogen-bond donors (Lipinski definition) is 2. The maximum atomic E-state index is 10.7. The lowest BCUT2D eigenvalue weighted by Gasteiger charge is -2.08. The van der Waals surface area contributed by atoms with Gasteiger partial charge in [0.2, 0.25) is 0 Å². The Morgan fingerprint density at radius 3 is 1.38 bits per heavy atom. The van der Waals surface area contributed by atoms with Crippen LogP contribution in [0.1, 0.15) is 27.7 Å². The number of allylic oxidation sites excluding steroid dienone is 4. The normalized spacial score (nSPS) is 12.2. The van der Waals surface area contributed by atoms with Crippen LogP contribution >= 0.6 is 0 Å². The van der Waals surface area contributed by atoms with Gasteiger partial charge in [-0.3, -0.25) is 9.59 Å². The van der Waals surface area contributed by atoms with Gasteiger partial charge in [-0.15, -0.1) is 0 Å². The molecule has 0 aliphatic heterocycles. The average molecular weight is 224 g/mol. The Bertz CT molecular complexity index is 285. The van der Waals surface area contributed by atoms with Crippen molar-refractivity contribution in [3.05, 3.63) is 23.5 Å². The van der Waals surface area contributed by atoms with Gasteiger partial charge in [-0.05, 0) is 39.8 Å². The average Bonchev–Trinajstić information content (AvgIpc) is 2.10. The van der Waals surface area contributed by atoms with Crippen molar-refractivity contribution in [2.75, 3.05) is 13.1 Å². The molecule has 0 aromatic heterocycles. The van der Waals surface area contributed by atoms with Gasteiger partial charge in [0.25, 0.3) is 0 Å². The van der Waals surface area contributed by atoms with E-state index < -0.39 is 0 Å². The Kier molecular flexibility index (Phi) is 6.92. The van der Waals surface area contributed by atoms with Crippen molar-refractivity contribution in [3.8, 4) is 0 Å². The van der Waals surface area contributed by atoms with Crippen LogP contribution in [0.5, 0.6) is 0 Å². The van der Waals surface area contributed by atoms with E-state index in [-0.39, 0.29) is 11.6 Å². The Labute approximate surface area is 96.8 Å². The second-order valence-corrected chi connectivity index (χ2v) is 3.73. The minimum atomic E-state index is 0.0330. The van der Waals surface area contributed by atoms with Crippen molar-refractivity contribution in [2.24, 2.45) is 0 Å². The van der Waals surface area contributed by atoms with Crippen LogP contribution in [-0.2, 0) is 9.59 Å². The third kappa shape index (κ3) is 8.99. The second kappa shape index (κ2) is 7.68. The van der Waals surface area contributed by atoms with Crippen molar-refractivity contribution in [3.63, 3.8) is 0 Å². The van der Waals surface area contributed by atoms with Crippen molar-refractivity contribution < 1.29 is 9.59 Å². The van der Waals surface area contributed by atoms with E-state index in [1.807, 2.05) is 13.8 Å². The van der Waals surface area contributed by atoms with E-state index in [0.717, 1.165) is 11.4 Å². The molecule has 0 aromatic rings. The fourth-order valence-electron chi connectivity index (χ4n) is 1.23. The van der Waals surface area contributed by atoms with Gasteiger partial charge in [-0.2, -0.15) is 0 Å². The first kappa shape index (κ1) is 14.4. The fourth-order valence-corrected chi connectivity index (χ4v) is 1.23. The molecule has 0 saturated heterocycles. The molecule has 0 aromatic carbocycles. The lowest BCUT2D eigenvalue weighted by Crippen LogP contribution is -2.25. The van der Waals surface area contributed by atoms with Crippen LogP contribution in [-0.4, -0.2) is 24.7 Å². The molecule has 0 bridgehead atoms. The standard InChI is InChI=1S/C12H20N2O2/c1-9(7-11(3)15)13-5-6-14-10(2)8-12(4)16/h7-8,13-14H,5-6H2,1-4H3/b9-7-,10-8-. The first-order valence-electron chi connectivity index (χ1n) is 5.27. The molecule has 0 amide bonds. The summed E-state index contributed by atoms with van der Waals surface area (Å²) >= 11 is 0. The maximum Gasteiger partial charge on any atom is 0.154 e. The number of carbonyl (C=O) groups is 2. The zero-order valence-electron chi connectivity index (χ0n) is 10.4. The Balaban J connectivity index is 3.77. The van der Waals surface area contributed by atoms with E-state index in [1.165, 1.54) is 13.8 Å². The van der Waals surface area contributed by atoms with Crippen LogP contribution in [0, 0.1) is 0 Å². The van der Waals surface area contributed by atoms with Gasteiger partial charge in [0.15, 0.2) is 11.6 Å². The smallest absolute Gasteiger partial charge is 0.154 e. The zero-order chi connectivity index (χ0) is 12.6. The molecular weight excluding hydrogens is 204 g/mol. The summed E-state index contributed by atoms with van der Waals surface area (Å²) in [4.78, 5) is 21.5. The van der Waals surface area contributed by atoms with Crippen LogP contribution in [0.4, 0.5) is 0 Å².